The van der Waals surface area contributed by atoms with Crippen molar-refractivity contribution in [3.05, 3.63) is 52.8 Å². The maximum Gasteiger partial charge on any atom is 0.276 e. The largest absolute Gasteiger partial charge is 0.397 e. The highest BCUT2D eigenvalue weighted by Gasteiger charge is 2.29. The quantitative estimate of drug-likeness (QED) is 0.707. The number of thioether (sulfide) groups is 1. The van der Waals surface area contributed by atoms with Crippen LogP contribution in [0.15, 0.2) is 41.5 Å². The Kier molecular flexibility index (Phi) is 7.10. The van der Waals surface area contributed by atoms with Crippen LogP contribution in [0, 0.1) is 0 Å². The molecule has 1 amide bonds. The highest BCUT2D eigenvalue weighted by molar-refractivity contribution is 8.13. The van der Waals surface area contributed by atoms with Crippen LogP contribution in [-0.4, -0.2) is 21.8 Å². The Morgan fingerprint density at radius 2 is 2.04 bits per heavy atom. The van der Waals surface area contributed by atoms with Gasteiger partial charge in [-0.1, -0.05) is 49.3 Å². The van der Waals surface area contributed by atoms with E-state index in [9.17, 15) is 4.79 Å². The minimum absolute atomic E-state index is 0.136. The SMILES string of the molecule is CC.C[C@@]1(c2cccc(NC(=O)c3ncc(Cl)cc3N)c2)CCSC(N)=N1. The van der Waals surface area contributed by atoms with Crippen molar-refractivity contribution in [2.45, 2.75) is 32.7 Å². The molecule has 5 N–H and O–H groups in total. The molecule has 0 radical (unpaired) electrons. The van der Waals surface area contributed by atoms with Gasteiger partial charge in [-0.3, -0.25) is 9.79 Å². The van der Waals surface area contributed by atoms with E-state index in [4.69, 9.17) is 23.1 Å². The molecule has 2 aromatic rings. The van der Waals surface area contributed by atoms with Crippen molar-refractivity contribution in [1.29, 1.82) is 0 Å². The Bertz CT molecular complexity index is 858. The second-order valence-corrected chi connectivity index (χ2v) is 7.50. The number of nitrogen functional groups attached to an aromatic ring is 1. The fourth-order valence-electron chi connectivity index (χ4n) is 2.66. The molecule has 3 rings (SSSR count). The fraction of sp³-hybridized carbons (Fsp3) is 0.316. The van der Waals surface area contributed by atoms with Crippen LogP contribution in [-0.2, 0) is 5.54 Å². The summed E-state index contributed by atoms with van der Waals surface area (Å²) >= 11 is 7.37. The Labute approximate surface area is 168 Å². The molecule has 8 heteroatoms. The Balaban J connectivity index is 0.00000126. The number of aliphatic imine (C=N–C) groups is 1. The number of anilines is 2. The third kappa shape index (κ3) is 5.14. The number of carbonyl (C=O) groups excluding carboxylic acids is 1. The van der Waals surface area contributed by atoms with Crippen molar-refractivity contribution >= 4 is 45.8 Å². The fourth-order valence-corrected chi connectivity index (χ4v) is 3.80. The van der Waals surface area contributed by atoms with Crippen LogP contribution in [0.25, 0.3) is 0 Å². The predicted molar refractivity (Wildman–Crippen MR) is 115 cm³/mol. The van der Waals surface area contributed by atoms with Gasteiger partial charge < -0.3 is 16.8 Å². The normalized spacial score (nSPS) is 18.7. The molecule has 0 bridgehead atoms. The van der Waals surface area contributed by atoms with Crippen molar-refractivity contribution in [3.8, 4) is 0 Å². The molecular formula is C19H24ClN5OS. The molecule has 0 unspecified atom stereocenters. The number of rotatable bonds is 3. The smallest absolute Gasteiger partial charge is 0.276 e. The van der Waals surface area contributed by atoms with Crippen LogP contribution >= 0.6 is 23.4 Å². The number of benzene rings is 1. The van der Waals surface area contributed by atoms with Gasteiger partial charge in [0.05, 0.1) is 16.2 Å². The van der Waals surface area contributed by atoms with Crippen LogP contribution in [0.2, 0.25) is 5.02 Å². The molecule has 6 nitrogen and oxygen atoms in total. The molecule has 144 valence electrons. The van der Waals surface area contributed by atoms with Gasteiger partial charge in [-0.15, -0.1) is 0 Å². The number of aromatic nitrogens is 1. The average molecular weight is 406 g/mol. The predicted octanol–water partition coefficient (Wildman–Crippen LogP) is 4.26. The molecule has 1 aromatic carbocycles. The molecule has 0 saturated heterocycles. The summed E-state index contributed by atoms with van der Waals surface area (Å²) in [5.74, 6) is 0.520. The first kappa shape index (κ1) is 21.1. The summed E-state index contributed by atoms with van der Waals surface area (Å²) in [6.45, 7) is 6.04. The maximum atomic E-state index is 12.4. The number of nitrogens with one attached hydrogen (secondary N) is 1. The molecule has 1 aliphatic rings. The number of amides is 1. The first-order chi connectivity index (χ1) is 12.9. The number of halogens is 1. The first-order valence-corrected chi connectivity index (χ1v) is 10.0. The molecule has 0 saturated carbocycles. The maximum absolute atomic E-state index is 12.4. The van der Waals surface area contributed by atoms with Gasteiger partial charge in [-0.2, -0.15) is 0 Å². The monoisotopic (exact) mass is 405 g/mol. The molecular weight excluding hydrogens is 382 g/mol. The zero-order valence-electron chi connectivity index (χ0n) is 15.6. The van der Waals surface area contributed by atoms with Gasteiger partial charge >= 0.3 is 0 Å². The van der Waals surface area contributed by atoms with E-state index in [0.29, 0.717) is 15.9 Å². The molecule has 2 heterocycles. The average Bonchev–Trinajstić information content (AvgIpc) is 2.63. The summed E-state index contributed by atoms with van der Waals surface area (Å²) in [4.78, 5) is 21.0. The van der Waals surface area contributed by atoms with E-state index in [1.807, 2.05) is 45.0 Å². The molecule has 27 heavy (non-hydrogen) atoms. The highest BCUT2D eigenvalue weighted by Crippen LogP contribution is 2.35. The Hall–Kier alpha value is -2.25. The number of amidine groups is 1. The highest BCUT2D eigenvalue weighted by atomic mass is 35.5. The van der Waals surface area contributed by atoms with E-state index in [1.165, 1.54) is 12.3 Å². The van der Waals surface area contributed by atoms with Crippen LogP contribution in [0.1, 0.15) is 43.2 Å². The second-order valence-electron chi connectivity index (χ2n) is 5.95. The van der Waals surface area contributed by atoms with Crippen molar-refractivity contribution in [2.75, 3.05) is 16.8 Å². The van der Waals surface area contributed by atoms with Gasteiger partial charge in [0.15, 0.2) is 10.9 Å². The summed E-state index contributed by atoms with van der Waals surface area (Å²) in [6, 6.07) is 9.07. The lowest BCUT2D eigenvalue weighted by Crippen LogP contribution is -2.28. The third-order valence-electron chi connectivity index (χ3n) is 4.04. The van der Waals surface area contributed by atoms with Gasteiger partial charge in [-0.05, 0) is 37.1 Å². The number of nitrogens with two attached hydrogens (primary N) is 2. The standard InChI is InChI=1S/C17H18ClN5OS.C2H6/c1-17(5-6-25-16(20)23-17)10-3-2-4-12(7-10)22-15(24)14-13(19)8-11(18)9-21-14;1-2/h2-4,7-9H,5-6,19H2,1H3,(H2,20,23)(H,22,24);1-2H3/t17-;/m0./s1. The van der Waals surface area contributed by atoms with E-state index in [-0.39, 0.29) is 11.4 Å². The van der Waals surface area contributed by atoms with Crippen molar-refractivity contribution in [2.24, 2.45) is 10.7 Å². The van der Waals surface area contributed by atoms with Gasteiger partial charge in [0, 0.05) is 17.6 Å². The lowest BCUT2D eigenvalue weighted by molar-refractivity contribution is 0.102. The number of nitrogens with zero attached hydrogens (tertiary/aromatic N) is 2. The Morgan fingerprint density at radius 1 is 1.30 bits per heavy atom. The van der Waals surface area contributed by atoms with Crippen molar-refractivity contribution < 1.29 is 4.79 Å². The molecule has 0 fully saturated rings. The topological polar surface area (TPSA) is 106 Å². The zero-order valence-corrected chi connectivity index (χ0v) is 17.2. The second kappa shape index (κ2) is 9.10. The van der Waals surface area contributed by atoms with Gasteiger partial charge in [0.25, 0.3) is 5.91 Å². The molecule has 1 aliphatic heterocycles. The van der Waals surface area contributed by atoms with Crippen LogP contribution in [0.4, 0.5) is 11.4 Å². The summed E-state index contributed by atoms with van der Waals surface area (Å²) in [6.07, 6.45) is 2.27. The summed E-state index contributed by atoms with van der Waals surface area (Å²) in [5, 5.41) is 3.79. The van der Waals surface area contributed by atoms with Crippen LogP contribution in [0.5, 0.6) is 0 Å². The van der Waals surface area contributed by atoms with Crippen LogP contribution in [0.3, 0.4) is 0 Å². The number of hydrogen-bond donors (Lipinski definition) is 3. The zero-order chi connectivity index (χ0) is 20.0. The number of hydrogen-bond acceptors (Lipinski definition) is 6. The van der Waals surface area contributed by atoms with Gasteiger partial charge in [-0.25, -0.2) is 4.98 Å². The third-order valence-corrected chi connectivity index (χ3v) is 5.04. The number of pyridine rings is 1. The summed E-state index contributed by atoms with van der Waals surface area (Å²) in [5.41, 5.74) is 13.3. The number of carbonyl (C=O) groups is 1. The van der Waals surface area contributed by atoms with Gasteiger partial charge in [0.2, 0.25) is 0 Å². The minimum atomic E-state index is -0.395. The van der Waals surface area contributed by atoms with Crippen molar-refractivity contribution in [3.63, 3.8) is 0 Å². The molecule has 1 aromatic heterocycles. The van der Waals surface area contributed by atoms with Crippen LogP contribution < -0.4 is 16.8 Å². The van der Waals surface area contributed by atoms with Gasteiger partial charge in [0.1, 0.15) is 0 Å². The first-order valence-electron chi connectivity index (χ1n) is 8.68. The molecule has 1 atom stereocenters. The van der Waals surface area contributed by atoms with E-state index in [2.05, 4.69) is 15.3 Å². The Morgan fingerprint density at radius 3 is 2.70 bits per heavy atom. The summed E-state index contributed by atoms with van der Waals surface area (Å²) < 4.78 is 0. The van der Waals surface area contributed by atoms with E-state index in [1.54, 1.807) is 11.8 Å². The van der Waals surface area contributed by atoms with E-state index >= 15 is 0 Å². The minimum Gasteiger partial charge on any atom is -0.397 e. The van der Waals surface area contributed by atoms with E-state index < -0.39 is 11.4 Å². The lowest BCUT2D eigenvalue weighted by Gasteiger charge is -2.30. The molecule has 0 spiro atoms. The summed E-state index contributed by atoms with van der Waals surface area (Å²) in [7, 11) is 0. The van der Waals surface area contributed by atoms with Crippen molar-refractivity contribution in [1.82, 2.24) is 4.98 Å². The lowest BCUT2D eigenvalue weighted by atomic mass is 9.89. The molecule has 0 aliphatic carbocycles. The van der Waals surface area contributed by atoms with E-state index in [0.717, 1.165) is 17.7 Å².